The molecule has 1 amide bonds. The second-order valence-corrected chi connectivity index (χ2v) is 15.8. The third kappa shape index (κ3) is 41.4. The zero-order valence-electron chi connectivity index (χ0n) is 35.5. The Bertz CT molecular complexity index is 847. The number of hydrogen-bond acceptors (Lipinski definition) is 3. The zero-order chi connectivity index (χ0) is 38.6. The van der Waals surface area contributed by atoms with Crippen molar-refractivity contribution in [1.82, 2.24) is 5.32 Å². The summed E-state index contributed by atoms with van der Waals surface area (Å²) >= 11 is 0. The fourth-order valence-corrected chi connectivity index (χ4v) is 6.93. The minimum Gasteiger partial charge on any atom is -0.394 e. The smallest absolute Gasteiger partial charge is 0.220 e. The molecule has 0 spiro atoms. The Kier molecular flexibility index (Phi) is 43.4. The molecule has 53 heavy (non-hydrogen) atoms. The first-order valence-electron chi connectivity index (χ1n) is 23.4. The molecule has 2 atom stereocenters. The molecule has 310 valence electrons. The summed E-state index contributed by atoms with van der Waals surface area (Å²) in [6, 6.07) is -0.636. The van der Waals surface area contributed by atoms with E-state index in [0.29, 0.717) is 6.42 Å². The van der Waals surface area contributed by atoms with Gasteiger partial charge < -0.3 is 15.5 Å². The van der Waals surface area contributed by atoms with Gasteiger partial charge in [-0.3, -0.25) is 4.79 Å². The lowest BCUT2D eigenvalue weighted by atomic mass is 10.0. The number of aliphatic hydroxyl groups excluding tert-OH is 2. The van der Waals surface area contributed by atoms with Crippen LogP contribution in [-0.4, -0.2) is 34.9 Å². The molecule has 2 unspecified atom stereocenters. The number of unbranched alkanes of at least 4 members (excludes halogenated alkanes) is 29. The van der Waals surface area contributed by atoms with Gasteiger partial charge in [0.1, 0.15) is 0 Å². The third-order valence-electron chi connectivity index (χ3n) is 10.5. The molecule has 0 radical (unpaired) electrons. The Morgan fingerprint density at radius 1 is 0.453 bits per heavy atom. The lowest BCUT2D eigenvalue weighted by Crippen LogP contribution is -2.45. The second kappa shape index (κ2) is 44.7. The van der Waals surface area contributed by atoms with E-state index in [4.69, 9.17) is 0 Å². The molecule has 0 aromatic rings. The summed E-state index contributed by atoms with van der Waals surface area (Å²) in [4.78, 5) is 12.4. The van der Waals surface area contributed by atoms with E-state index < -0.39 is 12.1 Å². The minimum atomic E-state index is -0.859. The number of rotatable bonds is 42. The van der Waals surface area contributed by atoms with E-state index in [9.17, 15) is 15.0 Å². The Morgan fingerprint density at radius 3 is 1.23 bits per heavy atom. The molecule has 0 saturated carbocycles. The maximum absolute atomic E-state index is 12.4. The van der Waals surface area contributed by atoms with Crippen LogP contribution in [0.4, 0.5) is 0 Å². The van der Waals surface area contributed by atoms with Crippen LogP contribution in [-0.2, 0) is 4.79 Å². The van der Waals surface area contributed by atoms with Gasteiger partial charge in [-0.25, -0.2) is 0 Å². The van der Waals surface area contributed by atoms with Gasteiger partial charge in [0.15, 0.2) is 0 Å². The number of hydrogen-bond donors (Lipinski definition) is 3. The van der Waals surface area contributed by atoms with Gasteiger partial charge in [0.25, 0.3) is 0 Å². The molecule has 3 N–H and O–H groups in total. The van der Waals surface area contributed by atoms with E-state index in [1.807, 2.05) is 6.08 Å². The van der Waals surface area contributed by atoms with E-state index in [-0.39, 0.29) is 12.5 Å². The van der Waals surface area contributed by atoms with Crippen molar-refractivity contribution in [1.29, 1.82) is 0 Å². The molecule has 0 bridgehead atoms. The summed E-state index contributed by atoms with van der Waals surface area (Å²) in [5.41, 5.74) is 0. The highest BCUT2D eigenvalue weighted by Crippen LogP contribution is 2.15. The van der Waals surface area contributed by atoms with Gasteiger partial charge in [-0.1, -0.05) is 217 Å². The van der Waals surface area contributed by atoms with Crippen LogP contribution in [0.15, 0.2) is 48.6 Å². The Balaban J connectivity index is 3.45. The maximum atomic E-state index is 12.4. The first-order valence-corrected chi connectivity index (χ1v) is 23.4. The zero-order valence-corrected chi connectivity index (χ0v) is 35.5. The Hall–Kier alpha value is -1.65. The normalized spacial score (nSPS) is 13.4. The van der Waals surface area contributed by atoms with Crippen molar-refractivity contribution >= 4 is 5.91 Å². The second-order valence-electron chi connectivity index (χ2n) is 15.8. The van der Waals surface area contributed by atoms with Crippen molar-refractivity contribution in [3.63, 3.8) is 0 Å². The van der Waals surface area contributed by atoms with Crippen molar-refractivity contribution in [2.45, 2.75) is 251 Å². The van der Waals surface area contributed by atoms with Crippen LogP contribution in [0.1, 0.15) is 239 Å². The summed E-state index contributed by atoms with van der Waals surface area (Å²) in [5.74, 6) is -0.0746. The molecule has 0 heterocycles. The van der Waals surface area contributed by atoms with Gasteiger partial charge in [0, 0.05) is 6.42 Å². The van der Waals surface area contributed by atoms with Crippen LogP contribution >= 0.6 is 0 Å². The van der Waals surface area contributed by atoms with Crippen molar-refractivity contribution in [3.8, 4) is 0 Å². The van der Waals surface area contributed by atoms with Crippen LogP contribution in [0.25, 0.3) is 0 Å². The van der Waals surface area contributed by atoms with Crippen LogP contribution in [0.2, 0.25) is 0 Å². The van der Waals surface area contributed by atoms with Crippen LogP contribution in [0, 0.1) is 0 Å². The van der Waals surface area contributed by atoms with Crippen molar-refractivity contribution in [2.24, 2.45) is 0 Å². The number of carbonyl (C=O) groups is 1. The van der Waals surface area contributed by atoms with Crippen LogP contribution in [0.5, 0.6) is 0 Å². The minimum absolute atomic E-state index is 0.0746. The van der Waals surface area contributed by atoms with Crippen LogP contribution < -0.4 is 5.32 Å². The first kappa shape index (κ1) is 51.4. The van der Waals surface area contributed by atoms with E-state index in [1.165, 1.54) is 180 Å². The Labute approximate surface area is 331 Å². The number of allylic oxidation sites excluding steroid dienone is 7. The number of aliphatic hydroxyl groups is 2. The molecular formula is C49H91NO3. The van der Waals surface area contributed by atoms with E-state index >= 15 is 0 Å². The highest BCUT2D eigenvalue weighted by atomic mass is 16.3. The average Bonchev–Trinajstić information content (AvgIpc) is 3.16. The van der Waals surface area contributed by atoms with Gasteiger partial charge in [-0.05, 0) is 64.2 Å². The highest BCUT2D eigenvalue weighted by Gasteiger charge is 2.17. The van der Waals surface area contributed by atoms with Gasteiger partial charge in [0.05, 0.1) is 18.8 Å². The van der Waals surface area contributed by atoms with Crippen molar-refractivity contribution < 1.29 is 15.0 Å². The monoisotopic (exact) mass is 742 g/mol. The molecule has 0 aromatic heterocycles. The SMILES string of the molecule is CCCCCC/C=C/CC/C=C/C(O)C(CO)NC(=O)CCCCCCCCCCCCCCCCCCCCC/C=C\C/C=C\CCCCCCC. The van der Waals surface area contributed by atoms with E-state index in [0.717, 1.165) is 38.5 Å². The average molecular weight is 742 g/mol. The van der Waals surface area contributed by atoms with Crippen molar-refractivity contribution in [3.05, 3.63) is 48.6 Å². The van der Waals surface area contributed by atoms with Crippen LogP contribution in [0.3, 0.4) is 0 Å². The van der Waals surface area contributed by atoms with Crippen molar-refractivity contribution in [2.75, 3.05) is 6.61 Å². The summed E-state index contributed by atoms with van der Waals surface area (Å²) in [6.07, 6.45) is 61.1. The molecule has 4 heteroatoms. The molecule has 0 aromatic carbocycles. The summed E-state index contributed by atoms with van der Waals surface area (Å²) < 4.78 is 0. The number of amides is 1. The fourth-order valence-electron chi connectivity index (χ4n) is 6.93. The lowest BCUT2D eigenvalue weighted by molar-refractivity contribution is -0.123. The quantitative estimate of drug-likeness (QED) is 0.0431. The molecule has 0 rings (SSSR count). The van der Waals surface area contributed by atoms with Gasteiger partial charge in [0.2, 0.25) is 5.91 Å². The first-order chi connectivity index (χ1) is 26.2. The standard InChI is InChI=1S/C49H91NO3/c1-3-5-7-9-11-13-15-16-17-18-19-20-21-22-23-24-25-26-27-28-29-30-31-32-33-34-35-37-39-41-43-45-49(53)50-47(46-51)48(52)44-42-40-38-36-14-12-10-8-6-4-2/h14-16,18-19,36,42,44,47-48,51-52H,3-13,17,20-35,37-41,43,45-46H2,1-2H3,(H,50,53)/b16-15-,19-18-,36-14+,44-42+. The molecule has 0 aliphatic heterocycles. The number of nitrogens with one attached hydrogen (secondary N) is 1. The number of carbonyl (C=O) groups excluding carboxylic acids is 1. The largest absolute Gasteiger partial charge is 0.394 e. The summed E-state index contributed by atoms with van der Waals surface area (Å²) in [5, 5.41) is 22.9. The Morgan fingerprint density at radius 2 is 0.792 bits per heavy atom. The molecule has 0 aliphatic rings. The summed E-state index contributed by atoms with van der Waals surface area (Å²) in [6.45, 7) is 4.25. The van der Waals surface area contributed by atoms with Gasteiger partial charge >= 0.3 is 0 Å². The van der Waals surface area contributed by atoms with Gasteiger partial charge in [-0.2, -0.15) is 0 Å². The van der Waals surface area contributed by atoms with Gasteiger partial charge in [-0.15, -0.1) is 0 Å². The lowest BCUT2D eigenvalue weighted by Gasteiger charge is -2.19. The van der Waals surface area contributed by atoms with E-state index in [2.05, 4.69) is 55.6 Å². The van der Waals surface area contributed by atoms with E-state index in [1.54, 1.807) is 6.08 Å². The predicted octanol–water partition coefficient (Wildman–Crippen LogP) is 14.7. The third-order valence-corrected chi connectivity index (χ3v) is 10.5. The highest BCUT2D eigenvalue weighted by molar-refractivity contribution is 5.76. The molecule has 4 nitrogen and oxygen atoms in total. The molecule has 0 saturated heterocycles. The molecule has 0 aliphatic carbocycles. The fraction of sp³-hybridized carbons (Fsp3) is 0.816. The topological polar surface area (TPSA) is 69.6 Å². The molecule has 0 fully saturated rings. The predicted molar refractivity (Wildman–Crippen MR) is 235 cm³/mol. The summed E-state index contributed by atoms with van der Waals surface area (Å²) in [7, 11) is 0. The maximum Gasteiger partial charge on any atom is 0.220 e. The molecular weight excluding hydrogens is 651 g/mol.